The molecule has 5 nitrogen and oxygen atoms in total. The number of carbonyl (C=O) groups is 2. The zero-order chi connectivity index (χ0) is 16.7. The summed E-state index contributed by atoms with van der Waals surface area (Å²) in [6.45, 7) is 2.34. The first-order chi connectivity index (χ1) is 11.1. The van der Waals surface area contributed by atoms with E-state index in [2.05, 4.69) is 10.6 Å². The molecule has 3 amide bonds. The fourth-order valence-electron chi connectivity index (χ4n) is 2.85. The van der Waals surface area contributed by atoms with Crippen LogP contribution in [0.5, 0.6) is 0 Å². The predicted molar refractivity (Wildman–Crippen MR) is 92.9 cm³/mol. The van der Waals surface area contributed by atoms with Crippen LogP contribution in [0, 0.1) is 0 Å². The van der Waals surface area contributed by atoms with Crippen LogP contribution in [0.1, 0.15) is 39.0 Å². The average Bonchev–Trinajstić information content (AvgIpc) is 2.53. The molecule has 126 valence electrons. The minimum absolute atomic E-state index is 0.0678. The van der Waals surface area contributed by atoms with Gasteiger partial charge in [0.1, 0.15) is 0 Å². The Morgan fingerprint density at radius 1 is 1.17 bits per heavy atom. The van der Waals surface area contributed by atoms with Crippen molar-refractivity contribution in [3.8, 4) is 0 Å². The monoisotopic (exact) mass is 337 g/mol. The highest BCUT2D eigenvalue weighted by atomic mass is 35.5. The molecule has 0 aliphatic heterocycles. The minimum Gasteiger partial charge on any atom is -0.336 e. The number of benzene rings is 1. The Balaban J connectivity index is 1.78. The van der Waals surface area contributed by atoms with E-state index in [4.69, 9.17) is 11.6 Å². The van der Waals surface area contributed by atoms with Crippen molar-refractivity contribution in [3.05, 3.63) is 29.3 Å². The summed E-state index contributed by atoms with van der Waals surface area (Å²) in [6, 6.07) is 7.21. The lowest BCUT2D eigenvalue weighted by Crippen LogP contribution is -2.45. The number of nitrogens with zero attached hydrogens (tertiary/aromatic N) is 1. The summed E-state index contributed by atoms with van der Waals surface area (Å²) < 4.78 is 0. The number of amides is 3. The molecule has 2 rings (SSSR count). The van der Waals surface area contributed by atoms with E-state index in [1.165, 1.54) is 26.2 Å². The van der Waals surface area contributed by atoms with E-state index < -0.39 is 0 Å². The number of anilines is 1. The predicted octanol–water partition coefficient (Wildman–Crippen LogP) is 3.32. The SMILES string of the molecule is CC(=O)N(CCNC(=O)NC1CCCCC1)c1ccc(Cl)cc1. The number of urea groups is 1. The van der Waals surface area contributed by atoms with Gasteiger partial charge in [0.05, 0.1) is 0 Å². The van der Waals surface area contributed by atoms with E-state index in [9.17, 15) is 9.59 Å². The Hall–Kier alpha value is -1.75. The van der Waals surface area contributed by atoms with Crippen molar-refractivity contribution in [2.45, 2.75) is 45.1 Å². The van der Waals surface area contributed by atoms with E-state index in [0.717, 1.165) is 18.5 Å². The van der Waals surface area contributed by atoms with Crippen LogP contribution in [0.3, 0.4) is 0 Å². The van der Waals surface area contributed by atoms with Gasteiger partial charge in [-0.3, -0.25) is 4.79 Å². The van der Waals surface area contributed by atoms with Crippen LogP contribution < -0.4 is 15.5 Å². The molecule has 0 bridgehead atoms. The molecule has 0 unspecified atom stereocenters. The number of halogens is 1. The van der Waals surface area contributed by atoms with Gasteiger partial charge >= 0.3 is 6.03 Å². The third kappa shape index (κ3) is 5.75. The van der Waals surface area contributed by atoms with Gasteiger partial charge in [0, 0.05) is 36.8 Å². The lowest BCUT2D eigenvalue weighted by atomic mass is 9.96. The Labute approximate surface area is 142 Å². The molecule has 0 aromatic heterocycles. The zero-order valence-corrected chi connectivity index (χ0v) is 14.2. The number of hydrogen-bond donors (Lipinski definition) is 2. The summed E-state index contributed by atoms with van der Waals surface area (Å²) >= 11 is 5.87. The van der Waals surface area contributed by atoms with Gasteiger partial charge in [0.2, 0.25) is 5.91 Å². The summed E-state index contributed by atoms with van der Waals surface area (Å²) in [5.41, 5.74) is 0.774. The van der Waals surface area contributed by atoms with Gasteiger partial charge in [-0.25, -0.2) is 4.79 Å². The maximum absolute atomic E-state index is 11.9. The molecule has 0 heterocycles. The lowest BCUT2D eigenvalue weighted by molar-refractivity contribution is -0.116. The summed E-state index contributed by atoms with van der Waals surface area (Å²) in [5, 5.41) is 6.45. The van der Waals surface area contributed by atoms with Crippen molar-refractivity contribution in [1.29, 1.82) is 0 Å². The molecular weight excluding hydrogens is 314 g/mol. The molecule has 1 aliphatic carbocycles. The maximum Gasteiger partial charge on any atom is 0.315 e. The average molecular weight is 338 g/mol. The van der Waals surface area contributed by atoms with Crippen LogP contribution in [0.2, 0.25) is 5.02 Å². The van der Waals surface area contributed by atoms with Gasteiger partial charge in [-0.2, -0.15) is 0 Å². The first-order valence-electron chi connectivity index (χ1n) is 8.14. The largest absolute Gasteiger partial charge is 0.336 e. The smallest absolute Gasteiger partial charge is 0.315 e. The van der Waals surface area contributed by atoms with Crippen molar-refractivity contribution in [1.82, 2.24) is 10.6 Å². The first-order valence-corrected chi connectivity index (χ1v) is 8.52. The van der Waals surface area contributed by atoms with Crippen molar-refractivity contribution in [2.75, 3.05) is 18.0 Å². The molecule has 0 radical (unpaired) electrons. The molecule has 1 aromatic rings. The Morgan fingerprint density at radius 2 is 1.83 bits per heavy atom. The molecule has 6 heteroatoms. The highest BCUT2D eigenvalue weighted by molar-refractivity contribution is 6.30. The fourth-order valence-corrected chi connectivity index (χ4v) is 2.98. The molecule has 0 spiro atoms. The Kier molecular flexibility index (Phi) is 6.71. The molecular formula is C17H24ClN3O2. The topological polar surface area (TPSA) is 61.4 Å². The van der Waals surface area contributed by atoms with Crippen molar-refractivity contribution in [3.63, 3.8) is 0 Å². The molecule has 1 aliphatic rings. The van der Waals surface area contributed by atoms with Crippen molar-refractivity contribution >= 4 is 29.2 Å². The molecule has 1 saturated carbocycles. The number of carbonyl (C=O) groups excluding carboxylic acids is 2. The van der Waals surface area contributed by atoms with Crippen LogP contribution in [0.25, 0.3) is 0 Å². The standard InChI is InChI=1S/C17H24ClN3O2/c1-13(22)21(16-9-7-14(18)8-10-16)12-11-19-17(23)20-15-5-3-2-4-6-15/h7-10,15H,2-6,11-12H2,1H3,(H2,19,20,23). The highest BCUT2D eigenvalue weighted by Crippen LogP contribution is 2.18. The number of hydrogen-bond acceptors (Lipinski definition) is 2. The van der Waals surface area contributed by atoms with E-state index in [1.807, 2.05) is 0 Å². The fraction of sp³-hybridized carbons (Fsp3) is 0.529. The maximum atomic E-state index is 11.9. The summed E-state index contributed by atoms with van der Waals surface area (Å²) in [4.78, 5) is 25.3. The first kappa shape index (κ1) is 17.6. The molecule has 0 atom stereocenters. The van der Waals surface area contributed by atoms with Crippen LogP contribution in [-0.4, -0.2) is 31.1 Å². The normalized spacial score (nSPS) is 15.0. The Bertz CT molecular complexity index is 527. The second-order valence-electron chi connectivity index (χ2n) is 5.88. The second kappa shape index (κ2) is 8.77. The third-order valence-electron chi connectivity index (χ3n) is 4.08. The quantitative estimate of drug-likeness (QED) is 0.865. The van der Waals surface area contributed by atoms with Crippen LogP contribution in [0.15, 0.2) is 24.3 Å². The number of nitrogens with one attached hydrogen (secondary N) is 2. The number of rotatable bonds is 5. The lowest BCUT2D eigenvalue weighted by Gasteiger charge is -2.24. The van der Waals surface area contributed by atoms with Gasteiger partial charge < -0.3 is 15.5 Å². The third-order valence-corrected chi connectivity index (χ3v) is 4.33. The van der Waals surface area contributed by atoms with Crippen LogP contribution >= 0.6 is 11.6 Å². The minimum atomic E-state index is -0.156. The van der Waals surface area contributed by atoms with Gasteiger partial charge in [0.15, 0.2) is 0 Å². The van der Waals surface area contributed by atoms with Gasteiger partial charge in [-0.1, -0.05) is 30.9 Å². The highest BCUT2D eigenvalue weighted by Gasteiger charge is 2.16. The zero-order valence-electron chi connectivity index (χ0n) is 13.5. The van der Waals surface area contributed by atoms with E-state index in [0.29, 0.717) is 18.1 Å². The second-order valence-corrected chi connectivity index (χ2v) is 6.32. The summed E-state index contributed by atoms with van der Waals surface area (Å²) in [7, 11) is 0. The molecule has 1 fully saturated rings. The van der Waals surface area contributed by atoms with Crippen LogP contribution in [0.4, 0.5) is 10.5 Å². The van der Waals surface area contributed by atoms with Crippen molar-refractivity contribution in [2.24, 2.45) is 0 Å². The molecule has 2 N–H and O–H groups in total. The Morgan fingerprint density at radius 3 is 2.43 bits per heavy atom. The van der Waals surface area contributed by atoms with E-state index in [-0.39, 0.29) is 18.0 Å². The van der Waals surface area contributed by atoms with Gasteiger partial charge in [0.25, 0.3) is 0 Å². The van der Waals surface area contributed by atoms with Crippen molar-refractivity contribution < 1.29 is 9.59 Å². The molecule has 1 aromatic carbocycles. The molecule has 0 saturated heterocycles. The van der Waals surface area contributed by atoms with E-state index >= 15 is 0 Å². The van der Waals surface area contributed by atoms with Crippen LogP contribution in [-0.2, 0) is 4.79 Å². The summed E-state index contributed by atoms with van der Waals surface area (Å²) in [5.74, 6) is -0.0678. The molecule has 23 heavy (non-hydrogen) atoms. The van der Waals surface area contributed by atoms with Gasteiger partial charge in [-0.05, 0) is 37.1 Å². The van der Waals surface area contributed by atoms with Gasteiger partial charge in [-0.15, -0.1) is 0 Å². The van der Waals surface area contributed by atoms with E-state index in [1.54, 1.807) is 29.2 Å². The summed E-state index contributed by atoms with van der Waals surface area (Å²) in [6.07, 6.45) is 5.73.